The van der Waals surface area contributed by atoms with Gasteiger partial charge in [-0.15, -0.1) is 0 Å². The Morgan fingerprint density at radius 2 is 2.20 bits per heavy atom. The van der Waals surface area contributed by atoms with Crippen molar-refractivity contribution in [3.05, 3.63) is 35.3 Å². The minimum Gasteiger partial charge on any atom is -0.474 e. The van der Waals surface area contributed by atoms with Crippen LogP contribution >= 0.6 is 0 Å². The molecule has 3 heterocycles. The van der Waals surface area contributed by atoms with E-state index >= 15 is 0 Å². The summed E-state index contributed by atoms with van der Waals surface area (Å²) in [6.07, 6.45) is 3.30. The Morgan fingerprint density at radius 3 is 2.95 bits per heavy atom. The molecule has 3 rings (SSSR count). The van der Waals surface area contributed by atoms with E-state index in [0.29, 0.717) is 24.6 Å². The number of hydrogen-bond acceptors (Lipinski definition) is 4. The average Bonchev–Trinajstić information content (AvgIpc) is 2.74. The van der Waals surface area contributed by atoms with Gasteiger partial charge in [-0.25, -0.2) is 4.68 Å². The Hall–Kier alpha value is -2.37. The van der Waals surface area contributed by atoms with Crippen molar-refractivity contribution in [1.82, 2.24) is 14.8 Å². The maximum absolute atomic E-state index is 12.7. The number of ether oxygens (including phenoxy) is 1. The third kappa shape index (κ3) is 1.84. The molecular weight excluding hydrogens is 256 g/mol. The lowest BCUT2D eigenvalue weighted by Crippen LogP contribution is -2.38. The summed E-state index contributed by atoms with van der Waals surface area (Å²) in [7, 11) is 1.81. The number of rotatable bonds is 1. The number of hydrogen-bond donors (Lipinski definition) is 0. The van der Waals surface area contributed by atoms with Crippen LogP contribution in [0, 0.1) is 13.8 Å². The van der Waals surface area contributed by atoms with Crippen molar-refractivity contribution in [1.29, 1.82) is 0 Å². The number of carbonyl (C=O) groups is 1. The van der Waals surface area contributed by atoms with Gasteiger partial charge in [-0.3, -0.25) is 14.7 Å². The molecule has 2 aromatic heterocycles. The van der Waals surface area contributed by atoms with Crippen LogP contribution in [0.4, 0.5) is 5.69 Å². The molecule has 1 amide bonds. The van der Waals surface area contributed by atoms with Gasteiger partial charge in [0, 0.05) is 19.4 Å². The molecule has 0 N–H and O–H groups in total. The van der Waals surface area contributed by atoms with Gasteiger partial charge in [-0.2, -0.15) is 5.10 Å². The predicted octanol–water partition coefficient (Wildman–Crippen LogP) is 1.47. The van der Waals surface area contributed by atoms with Crippen LogP contribution in [-0.4, -0.2) is 33.8 Å². The summed E-state index contributed by atoms with van der Waals surface area (Å²) < 4.78 is 7.28. The predicted molar refractivity (Wildman–Crippen MR) is 74.1 cm³/mol. The Bertz CT molecular complexity index is 678. The molecule has 6 nitrogen and oxygen atoms in total. The Balaban J connectivity index is 2.05. The van der Waals surface area contributed by atoms with E-state index in [1.807, 2.05) is 27.0 Å². The lowest BCUT2D eigenvalue weighted by Gasteiger charge is -2.28. The van der Waals surface area contributed by atoms with Crippen LogP contribution in [0.15, 0.2) is 18.5 Å². The quantitative estimate of drug-likeness (QED) is 0.788. The van der Waals surface area contributed by atoms with Gasteiger partial charge in [0.25, 0.3) is 5.91 Å². The third-order valence-corrected chi connectivity index (χ3v) is 3.48. The topological polar surface area (TPSA) is 60.3 Å². The number of aryl methyl sites for hydroxylation is 3. The van der Waals surface area contributed by atoms with E-state index in [0.717, 1.165) is 16.9 Å². The average molecular weight is 272 g/mol. The lowest BCUT2D eigenvalue weighted by atomic mass is 10.1. The molecule has 2 aromatic rings. The van der Waals surface area contributed by atoms with Gasteiger partial charge >= 0.3 is 0 Å². The van der Waals surface area contributed by atoms with Crippen LogP contribution in [0.3, 0.4) is 0 Å². The SMILES string of the molecule is Cc1ccncc1C(=O)N1CCOc2c1c(C)nn2C. The normalized spacial score (nSPS) is 13.8. The molecule has 0 atom stereocenters. The van der Waals surface area contributed by atoms with Crippen LogP contribution in [-0.2, 0) is 7.05 Å². The molecular formula is C14H16N4O2. The fourth-order valence-electron chi connectivity index (χ4n) is 2.48. The van der Waals surface area contributed by atoms with E-state index in [9.17, 15) is 4.79 Å². The molecule has 1 aliphatic heterocycles. The molecule has 0 saturated carbocycles. The Morgan fingerprint density at radius 1 is 1.40 bits per heavy atom. The number of anilines is 1. The van der Waals surface area contributed by atoms with Crippen molar-refractivity contribution in [2.45, 2.75) is 13.8 Å². The summed E-state index contributed by atoms with van der Waals surface area (Å²) in [5, 5.41) is 4.32. The molecule has 0 aromatic carbocycles. The zero-order chi connectivity index (χ0) is 14.3. The minimum atomic E-state index is -0.0590. The van der Waals surface area contributed by atoms with Crippen molar-refractivity contribution >= 4 is 11.6 Å². The summed E-state index contributed by atoms with van der Waals surface area (Å²) in [6.45, 7) is 4.78. The molecule has 20 heavy (non-hydrogen) atoms. The van der Waals surface area contributed by atoms with Crippen LogP contribution in [0.25, 0.3) is 0 Å². The first-order valence-electron chi connectivity index (χ1n) is 6.48. The summed E-state index contributed by atoms with van der Waals surface area (Å²) >= 11 is 0. The first-order chi connectivity index (χ1) is 9.59. The minimum absolute atomic E-state index is 0.0590. The fourth-order valence-corrected chi connectivity index (χ4v) is 2.48. The number of nitrogens with zero attached hydrogens (tertiary/aromatic N) is 4. The van der Waals surface area contributed by atoms with E-state index in [4.69, 9.17) is 4.74 Å². The summed E-state index contributed by atoms with van der Waals surface area (Å²) in [5.41, 5.74) is 3.08. The molecule has 1 aliphatic rings. The maximum Gasteiger partial charge on any atom is 0.260 e. The fraction of sp³-hybridized carbons (Fsp3) is 0.357. The number of pyridine rings is 1. The Labute approximate surface area is 117 Å². The first-order valence-corrected chi connectivity index (χ1v) is 6.48. The van der Waals surface area contributed by atoms with E-state index in [2.05, 4.69) is 10.1 Å². The highest BCUT2D eigenvalue weighted by Gasteiger charge is 2.30. The molecule has 0 unspecified atom stereocenters. The van der Waals surface area contributed by atoms with Crippen molar-refractivity contribution in [3.63, 3.8) is 0 Å². The van der Waals surface area contributed by atoms with Crippen LogP contribution in [0.1, 0.15) is 21.6 Å². The van der Waals surface area contributed by atoms with Crippen molar-refractivity contribution in [2.24, 2.45) is 7.05 Å². The van der Waals surface area contributed by atoms with Crippen molar-refractivity contribution in [3.8, 4) is 5.88 Å². The van der Waals surface area contributed by atoms with Gasteiger partial charge in [0.2, 0.25) is 5.88 Å². The molecule has 0 saturated heterocycles. The molecule has 6 heteroatoms. The molecule has 104 valence electrons. The number of aromatic nitrogens is 3. The highest BCUT2D eigenvalue weighted by atomic mass is 16.5. The third-order valence-electron chi connectivity index (χ3n) is 3.48. The zero-order valence-electron chi connectivity index (χ0n) is 11.8. The van der Waals surface area contributed by atoms with Gasteiger partial charge in [0.05, 0.1) is 17.8 Å². The highest BCUT2D eigenvalue weighted by molar-refractivity contribution is 6.08. The summed E-state index contributed by atoms with van der Waals surface area (Å²) in [6, 6.07) is 1.84. The van der Waals surface area contributed by atoms with E-state index in [1.165, 1.54) is 0 Å². The Kier molecular flexibility index (Phi) is 2.93. The smallest absolute Gasteiger partial charge is 0.260 e. The standard InChI is InChI=1S/C14H16N4O2/c1-9-4-5-15-8-11(9)13(19)18-6-7-20-14-12(18)10(2)16-17(14)3/h4-5,8H,6-7H2,1-3H3. The second-order valence-electron chi connectivity index (χ2n) is 4.86. The maximum atomic E-state index is 12.7. The van der Waals surface area contributed by atoms with Gasteiger partial charge in [-0.05, 0) is 25.5 Å². The second kappa shape index (κ2) is 4.63. The van der Waals surface area contributed by atoms with Gasteiger partial charge in [-0.1, -0.05) is 0 Å². The molecule has 0 fully saturated rings. The summed E-state index contributed by atoms with van der Waals surface area (Å²) in [5.74, 6) is 0.583. The molecule has 0 spiro atoms. The zero-order valence-corrected chi connectivity index (χ0v) is 11.8. The second-order valence-corrected chi connectivity index (χ2v) is 4.86. The number of fused-ring (bicyclic) bond motifs is 1. The molecule has 0 radical (unpaired) electrons. The van der Waals surface area contributed by atoms with Crippen LogP contribution in [0.2, 0.25) is 0 Å². The van der Waals surface area contributed by atoms with Gasteiger partial charge < -0.3 is 4.74 Å². The van der Waals surface area contributed by atoms with E-state index in [1.54, 1.807) is 22.0 Å². The number of amides is 1. The largest absolute Gasteiger partial charge is 0.474 e. The van der Waals surface area contributed by atoms with Crippen LogP contribution < -0.4 is 9.64 Å². The summed E-state index contributed by atoms with van der Waals surface area (Å²) in [4.78, 5) is 18.5. The van der Waals surface area contributed by atoms with Gasteiger partial charge in [0.15, 0.2) is 0 Å². The van der Waals surface area contributed by atoms with Crippen LogP contribution in [0.5, 0.6) is 5.88 Å². The van der Waals surface area contributed by atoms with E-state index < -0.39 is 0 Å². The highest BCUT2D eigenvalue weighted by Crippen LogP contribution is 2.35. The van der Waals surface area contributed by atoms with Gasteiger partial charge in [0.1, 0.15) is 12.3 Å². The van der Waals surface area contributed by atoms with E-state index in [-0.39, 0.29) is 5.91 Å². The van der Waals surface area contributed by atoms with Crippen molar-refractivity contribution in [2.75, 3.05) is 18.1 Å². The molecule has 0 aliphatic carbocycles. The first kappa shape index (κ1) is 12.7. The number of carbonyl (C=O) groups excluding carboxylic acids is 1. The van der Waals surface area contributed by atoms with Crippen molar-refractivity contribution < 1.29 is 9.53 Å². The molecule has 0 bridgehead atoms. The monoisotopic (exact) mass is 272 g/mol. The lowest BCUT2D eigenvalue weighted by molar-refractivity contribution is 0.0974.